The van der Waals surface area contributed by atoms with Gasteiger partial charge in [0.15, 0.2) is 0 Å². The van der Waals surface area contributed by atoms with Crippen molar-refractivity contribution in [2.24, 2.45) is 0 Å². The zero-order chi connectivity index (χ0) is 22.9. The number of amides is 2. The van der Waals surface area contributed by atoms with Crippen LogP contribution in [0, 0.1) is 0 Å². The van der Waals surface area contributed by atoms with Crippen molar-refractivity contribution in [1.29, 1.82) is 0 Å². The highest BCUT2D eigenvalue weighted by atomic mass is 16.5. The number of nitrogens with one attached hydrogen (secondary N) is 3. The lowest BCUT2D eigenvalue weighted by Crippen LogP contribution is -2.51. The van der Waals surface area contributed by atoms with Crippen LogP contribution >= 0.6 is 0 Å². The van der Waals surface area contributed by atoms with E-state index in [2.05, 4.69) is 25.9 Å². The SMILES string of the molecule is COC(=O)[C@H](Cc1ccccc1)NC(=O)N[C@H]1CC[C@@H](Nc2nccc(N(C)C)n2)CC1. The molecular weight excluding hydrogens is 408 g/mol. The second-order valence-electron chi connectivity index (χ2n) is 8.21. The maximum atomic E-state index is 12.5. The second kappa shape index (κ2) is 11.3. The molecule has 1 aliphatic carbocycles. The van der Waals surface area contributed by atoms with E-state index >= 15 is 0 Å². The first-order chi connectivity index (χ1) is 15.4. The van der Waals surface area contributed by atoms with E-state index in [4.69, 9.17) is 4.74 Å². The molecule has 1 heterocycles. The van der Waals surface area contributed by atoms with Crippen molar-refractivity contribution in [3.05, 3.63) is 48.2 Å². The molecule has 32 heavy (non-hydrogen) atoms. The molecule has 3 N–H and O–H groups in total. The molecule has 2 amide bonds. The molecule has 0 unspecified atom stereocenters. The highest BCUT2D eigenvalue weighted by Gasteiger charge is 2.26. The van der Waals surface area contributed by atoms with E-state index in [9.17, 15) is 9.59 Å². The molecule has 1 aromatic heterocycles. The molecule has 2 aromatic rings. The Hall–Kier alpha value is -3.36. The minimum absolute atomic E-state index is 0.0529. The van der Waals surface area contributed by atoms with Crippen LogP contribution in [0.4, 0.5) is 16.6 Å². The number of carbonyl (C=O) groups excluding carboxylic acids is 2. The number of urea groups is 1. The normalized spacial score (nSPS) is 18.8. The summed E-state index contributed by atoms with van der Waals surface area (Å²) in [5.41, 5.74) is 0.954. The van der Waals surface area contributed by atoms with Gasteiger partial charge in [-0.05, 0) is 37.3 Å². The number of aromatic nitrogens is 2. The van der Waals surface area contributed by atoms with Crippen LogP contribution in [-0.4, -0.2) is 61.3 Å². The smallest absolute Gasteiger partial charge is 0.328 e. The average Bonchev–Trinajstić information content (AvgIpc) is 2.80. The van der Waals surface area contributed by atoms with E-state index in [0.717, 1.165) is 37.1 Å². The van der Waals surface area contributed by atoms with E-state index < -0.39 is 12.0 Å². The van der Waals surface area contributed by atoms with Crippen molar-refractivity contribution >= 4 is 23.8 Å². The average molecular weight is 441 g/mol. The first-order valence-corrected chi connectivity index (χ1v) is 10.9. The Labute approximate surface area is 189 Å². The van der Waals surface area contributed by atoms with Gasteiger partial charge < -0.3 is 25.6 Å². The summed E-state index contributed by atoms with van der Waals surface area (Å²) < 4.78 is 4.86. The van der Waals surface area contributed by atoms with E-state index in [-0.39, 0.29) is 18.1 Å². The lowest BCUT2D eigenvalue weighted by molar-refractivity contribution is -0.142. The van der Waals surface area contributed by atoms with Crippen molar-refractivity contribution in [2.45, 2.75) is 50.2 Å². The van der Waals surface area contributed by atoms with Crippen molar-refractivity contribution in [2.75, 3.05) is 31.4 Å². The Morgan fingerprint density at radius 1 is 1.09 bits per heavy atom. The molecule has 172 valence electrons. The summed E-state index contributed by atoms with van der Waals surface area (Å²) in [6, 6.07) is 10.6. The van der Waals surface area contributed by atoms with Crippen LogP contribution in [0.15, 0.2) is 42.6 Å². The third-order valence-electron chi connectivity index (χ3n) is 5.57. The third kappa shape index (κ3) is 6.83. The number of ether oxygens (including phenoxy) is 1. The van der Waals surface area contributed by atoms with Crippen molar-refractivity contribution in [3.8, 4) is 0 Å². The fourth-order valence-corrected chi connectivity index (χ4v) is 3.80. The highest BCUT2D eigenvalue weighted by Crippen LogP contribution is 2.21. The molecule has 0 saturated heterocycles. The van der Waals surface area contributed by atoms with Gasteiger partial charge in [0, 0.05) is 38.8 Å². The number of hydrogen-bond donors (Lipinski definition) is 3. The Balaban J connectivity index is 1.46. The van der Waals surface area contributed by atoms with Gasteiger partial charge in [0.05, 0.1) is 7.11 Å². The predicted octanol–water partition coefficient (Wildman–Crippen LogP) is 2.35. The predicted molar refractivity (Wildman–Crippen MR) is 124 cm³/mol. The molecular formula is C23H32N6O3. The van der Waals surface area contributed by atoms with E-state index in [1.807, 2.05) is 55.4 Å². The number of methoxy groups -OCH3 is 1. The van der Waals surface area contributed by atoms with Crippen LogP contribution in [-0.2, 0) is 16.0 Å². The number of rotatable bonds is 8. The fourth-order valence-electron chi connectivity index (χ4n) is 3.80. The van der Waals surface area contributed by atoms with E-state index in [1.54, 1.807) is 6.20 Å². The molecule has 1 aromatic carbocycles. The first kappa shape index (κ1) is 23.3. The Bertz CT molecular complexity index is 884. The summed E-state index contributed by atoms with van der Waals surface area (Å²) in [5.74, 6) is 1.01. The number of esters is 1. The largest absolute Gasteiger partial charge is 0.467 e. The van der Waals surface area contributed by atoms with Gasteiger partial charge in [0.25, 0.3) is 0 Å². The van der Waals surface area contributed by atoms with Gasteiger partial charge in [-0.2, -0.15) is 4.98 Å². The molecule has 3 rings (SSSR count). The molecule has 0 bridgehead atoms. The lowest BCUT2D eigenvalue weighted by atomic mass is 9.91. The topological polar surface area (TPSA) is 108 Å². The second-order valence-corrected chi connectivity index (χ2v) is 8.21. The Morgan fingerprint density at radius 2 is 1.78 bits per heavy atom. The van der Waals surface area contributed by atoms with Crippen molar-refractivity contribution in [3.63, 3.8) is 0 Å². The van der Waals surface area contributed by atoms with Gasteiger partial charge in [-0.1, -0.05) is 30.3 Å². The molecule has 1 aliphatic rings. The highest BCUT2D eigenvalue weighted by molar-refractivity contribution is 5.83. The minimum atomic E-state index is -0.735. The number of carbonyl (C=O) groups is 2. The first-order valence-electron chi connectivity index (χ1n) is 10.9. The Kier molecular flexibility index (Phi) is 8.24. The quantitative estimate of drug-likeness (QED) is 0.541. The minimum Gasteiger partial charge on any atom is -0.467 e. The van der Waals surface area contributed by atoms with Gasteiger partial charge >= 0.3 is 12.0 Å². The summed E-state index contributed by atoms with van der Waals surface area (Å²) in [6.07, 6.45) is 5.58. The summed E-state index contributed by atoms with van der Waals surface area (Å²) in [4.78, 5) is 35.4. The maximum Gasteiger partial charge on any atom is 0.328 e. The van der Waals surface area contributed by atoms with Gasteiger partial charge in [0.1, 0.15) is 11.9 Å². The standard InChI is InChI=1S/C23H32N6O3/c1-29(2)20-13-14-24-22(28-20)25-17-9-11-18(12-10-17)26-23(31)27-19(21(30)32-3)15-16-7-5-4-6-8-16/h4-8,13-14,17-19H,9-12,15H2,1-3H3,(H,24,25,28)(H2,26,27,31)/t17-,18+,19-/m0/s1. The molecule has 1 atom stereocenters. The summed E-state index contributed by atoms with van der Waals surface area (Å²) in [5, 5.41) is 9.16. The summed E-state index contributed by atoms with van der Waals surface area (Å²) >= 11 is 0. The molecule has 1 fully saturated rings. The van der Waals surface area contributed by atoms with Crippen LogP contribution in [0.25, 0.3) is 0 Å². The van der Waals surface area contributed by atoms with Crippen LogP contribution in [0.3, 0.4) is 0 Å². The van der Waals surface area contributed by atoms with Crippen molar-refractivity contribution < 1.29 is 14.3 Å². The summed E-state index contributed by atoms with van der Waals surface area (Å²) in [6.45, 7) is 0. The van der Waals surface area contributed by atoms with Crippen LogP contribution in [0.5, 0.6) is 0 Å². The lowest BCUT2D eigenvalue weighted by Gasteiger charge is -2.30. The maximum absolute atomic E-state index is 12.5. The molecule has 9 heteroatoms. The molecule has 0 spiro atoms. The molecule has 0 aliphatic heterocycles. The van der Waals surface area contributed by atoms with Gasteiger partial charge in [-0.15, -0.1) is 0 Å². The van der Waals surface area contributed by atoms with Gasteiger partial charge in [-0.3, -0.25) is 0 Å². The molecule has 0 radical (unpaired) electrons. The van der Waals surface area contributed by atoms with E-state index in [1.165, 1.54) is 7.11 Å². The fraction of sp³-hybridized carbons (Fsp3) is 0.478. The number of hydrogen-bond acceptors (Lipinski definition) is 7. The van der Waals surface area contributed by atoms with Crippen LogP contribution < -0.4 is 20.9 Å². The number of anilines is 2. The number of benzene rings is 1. The zero-order valence-electron chi connectivity index (χ0n) is 18.9. The van der Waals surface area contributed by atoms with Crippen molar-refractivity contribution in [1.82, 2.24) is 20.6 Å². The van der Waals surface area contributed by atoms with E-state index in [0.29, 0.717) is 12.4 Å². The molecule has 1 saturated carbocycles. The van der Waals surface area contributed by atoms with Gasteiger partial charge in [-0.25, -0.2) is 14.6 Å². The summed E-state index contributed by atoms with van der Waals surface area (Å²) in [7, 11) is 5.21. The Morgan fingerprint density at radius 3 is 2.44 bits per heavy atom. The zero-order valence-corrected chi connectivity index (χ0v) is 18.9. The van der Waals surface area contributed by atoms with Crippen LogP contribution in [0.1, 0.15) is 31.2 Å². The molecule has 9 nitrogen and oxygen atoms in total. The van der Waals surface area contributed by atoms with Crippen LogP contribution in [0.2, 0.25) is 0 Å². The third-order valence-corrected chi connectivity index (χ3v) is 5.57. The van der Waals surface area contributed by atoms with Gasteiger partial charge in [0.2, 0.25) is 5.95 Å². The number of nitrogens with zero attached hydrogens (tertiary/aromatic N) is 3. The monoisotopic (exact) mass is 440 g/mol.